The summed E-state index contributed by atoms with van der Waals surface area (Å²) in [7, 11) is 1.52. The Labute approximate surface area is 110 Å². The van der Waals surface area contributed by atoms with Crippen LogP contribution in [0.5, 0.6) is 0 Å². The van der Waals surface area contributed by atoms with Crippen LogP contribution in [-0.2, 0) is 9.53 Å². The molecule has 19 heavy (non-hydrogen) atoms. The Bertz CT molecular complexity index is 432. The summed E-state index contributed by atoms with van der Waals surface area (Å²) in [6.07, 6.45) is 3.16. The molecule has 106 valence electrons. The lowest BCUT2D eigenvalue weighted by Gasteiger charge is -2.22. The van der Waals surface area contributed by atoms with E-state index in [0.717, 1.165) is 0 Å². The molecule has 0 aromatic heterocycles. The van der Waals surface area contributed by atoms with Crippen molar-refractivity contribution >= 4 is 5.91 Å². The Morgan fingerprint density at radius 2 is 2.26 bits per heavy atom. The van der Waals surface area contributed by atoms with Crippen LogP contribution in [0, 0.1) is 0 Å². The molecule has 6 heteroatoms. The van der Waals surface area contributed by atoms with Gasteiger partial charge < -0.3 is 15.8 Å². The van der Waals surface area contributed by atoms with Crippen LogP contribution in [0.2, 0.25) is 0 Å². The molecule has 0 saturated heterocycles. The third-order valence-corrected chi connectivity index (χ3v) is 3.57. The Morgan fingerprint density at radius 3 is 2.84 bits per heavy atom. The van der Waals surface area contributed by atoms with Gasteiger partial charge in [-0.3, -0.25) is 4.79 Å². The van der Waals surface area contributed by atoms with Crippen LogP contribution in [-0.4, -0.2) is 31.1 Å². The highest BCUT2D eigenvalue weighted by Gasteiger charge is 2.40. The van der Waals surface area contributed by atoms with Crippen LogP contribution in [0.25, 0.3) is 0 Å². The quantitative estimate of drug-likeness (QED) is 0.818. The van der Waals surface area contributed by atoms with Gasteiger partial charge in [0.1, 0.15) is 6.10 Å². The minimum atomic E-state index is -2.65. The van der Waals surface area contributed by atoms with Gasteiger partial charge in [-0.15, -0.1) is 0 Å². The SMILES string of the molecule is COC1CC(C(=O)NC2CCC(F)(F)C2)=CC=C1N. The monoisotopic (exact) mass is 272 g/mol. The lowest BCUT2D eigenvalue weighted by Crippen LogP contribution is -2.37. The van der Waals surface area contributed by atoms with Crippen LogP contribution in [0.1, 0.15) is 25.7 Å². The second kappa shape index (κ2) is 5.28. The molecule has 2 atom stereocenters. The number of allylic oxidation sites excluding steroid dienone is 2. The molecule has 2 aliphatic carbocycles. The zero-order valence-electron chi connectivity index (χ0n) is 10.8. The Kier molecular flexibility index (Phi) is 3.89. The van der Waals surface area contributed by atoms with Crippen molar-refractivity contribution in [3.63, 3.8) is 0 Å². The standard InChI is InChI=1S/C13H18F2N2O2/c1-19-11-6-8(2-3-10(11)16)12(18)17-9-4-5-13(14,15)7-9/h2-3,9,11H,4-7,16H2,1H3,(H,17,18). The van der Waals surface area contributed by atoms with E-state index in [9.17, 15) is 13.6 Å². The van der Waals surface area contributed by atoms with Gasteiger partial charge >= 0.3 is 0 Å². The number of nitrogens with two attached hydrogens (primary N) is 1. The first-order valence-corrected chi connectivity index (χ1v) is 6.29. The van der Waals surface area contributed by atoms with Crippen molar-refractivity contribution in [2.45, 2.75) is 43.8 Å². The van der Waals surface area contributed by atoms with E-state index in [1.165, 1.54) is 7.11 Å². The van der Waals surface area contributed by atoms with Gasteiger partial charge in [0.25, 0.3) is 0 Å². The van der Waals surface area contributed by atoms with Gasteiger partial charge in [-0.05, 0) is 12.5 Å². The minimum absolute atomic E-state index is 0.162. The maximum Gasteiger partial charge on any atom is 0.250 e. The van der Waals surface area contributed by atoms with Crippen LogP contribution in [0.15, 0.2) is 23.4 Å². The average molecular weight is 272 g/mol. The number of hydrogen-bond donors (Lipinski definition) is 2. The van der Waals surface area contributed by atoms with Crippen molar-refractivity contribution in [2.75, 3.05) is 7.11 Å². The lowest BCUT2D eigenvalue weighted by atomic mass is 9.99. The van der Waals surface area contributed by atoms with Crippen molar-refractivity contribution in [1.29, 1.82) is 0 Å². The number of ether oxygens (including phenoxy) is 1. The van der Waals surface area contributed by atoms with Crippen molar-refractivity contribution in [3.8, 4) is 0 Å². The normalized spacial score (nSPS) is 29.6. The fraction of sp³-hybridized carbons (Fsp3) is 0.615. The maximum atomic E-state index is 13.0. The predicted octanol–water partition coefficient (Wildman–Crippen LogP) is 1.48. The molecule has 0 aliphatic heterocycles. The largest absolute Gasteiger partial charge is 0.400 e. The topological polar surface area (TPSA) is 64.3 Å². The molecule has 2 aliphatic rings. The second-order valence-corrected chi connectivity index (χ2v) is 5.06. The fourth-order valence-electron chi connectivity index (χ4n) is 2.43. The van der Waals surface area contributed by atoms with Gasteiger partial charge in [0.15, 0.2) is 0 Å². The first-order valence-electron chi connectivity index (χ1n) is 6.29. The Hall–Kier alpha value is -1.43. The summed E-state index contributed by atoms with van der Waals surface area (Å²) in [6, 6.07) is -0.451. The third-order valence-electron chi connectivity index (χ3n) is 3.57. The van der Waals surface area contributed by atoms with E-state index in [4.69, 9.17) is 10.5 Å². The summed E-state index contributed by atoms with van der Waals surface area (Å²) in [6.45, 7) is 0. The number of rotatable bonds is 3. The maximum absolute atomic E-state index is 13.0. The fourth-order valence-corrected chi connectivity index (χ4v) is 2.43. The number of amides is 1. The van der Waals surface area contributed by atoms with E-state index < -0.39 is 12.0 Å². The lowest BCUT2D eigenvalue weighted by molar-refractivity contribution is -0.118. The van der Waals surface area contributed by atoms with E-state index in [2.05, 4.69) is 5.32 Å². The highest BCUT2D eigenvalue weighted by Crippen LogP contribution is 2.35. The van der Waals surface area contributed by atoms with E-state index in [0.29, 0.717) is 24.1 Å². The molecule has 4 nitrogen and oxygen atoms in total. The molecule has 0 bridgehead atoms. The van der Waals surface area contributed by atoms with Crippen molar-refractivity contribution in [3.05, 3.63) is 23.4 Å². The average Bonchev–Trinajstić information content (AvgIpc) is 2.69. The first-order chi connectivity index (χ1) is 8.91. The second-order valence-electron chi connectivity index (χ2n) is 5.06. The number of nitrogens with one attached hydrogen (secondary N) is 1. The van der Waals surface area contributed by atoms with E-state index in [-0.39, 0.29) is 24.9 Å². The number of alkyl halides is 2. The molecule has 1 amide bonds. The molecule has 0 spiro atoms. The smallest absolute Gasteiger partial charge is 0.250 e. The number of carbonyl (C=O) groups is 1. The molecular weight excluding hydrogens is 254 g/mol. The number of carbonyl (C=O) groups excluding carboxylic acids is 1. The van der Waals surface area contributed by atoms with Gasteiger partial charge in [0, 0.05) is 43.7 Å². The zero-order chi connectivity index (χ0) is 14.0. The molecule has 0 aromatic rings. The predicted molar refractivity (Wildman–Crippen MR) is 66.5 cm³/mol. The van der Waals surface area contributed by atoms with Gasteiger partial charge in [0.2, 0.25) is 11.8 Å². The third kappa shape index (κ3) is 3.32. The summed E-state index contributed by atoms with van der Waals surface area (Å²) in [4.78, 5) is 12.0. The first kappa shape index (κ1) is 14.0. The molecule has 0 aromatic carbocycles. The van der Waals surface area contributed by atoms with E-state index in [1.807, 2.05) is 0 Å². The Morgan fingerprint density at radius 1 is 1.53 bits per heavy atom. The van der Waals surface area contributed by atoms with Gasteiger partial charge in [-0.25, -0.2) is 8.78 Å². The summed E-state index contributed by atoms with van der Waals surface area (Å²) < 4.78 is 31.2. The summed E-state index contributed by atoms with van der Waals surface area (Å²) >= 11 is 0. The molecule has 3 N–H and O–H groups in total. The highest BCUT2D eigenvalue weighted by atomic mass is 19.3. The van der Waals surface area contributed by atoms with Gasteiger partial charge in [-0.1, -0.05) is 6.08 Å². The van der Waals surface area contributed by atoms with Crippen LogP contribution < -0.4 is 11.1 Å². The van der Waals surface area contributed by atoms with Crippen molar-refractivity contribution < 1.29 is 18.3 Å². The molecule has 0 heterocycles. The number of hydrogen-bond acceptors (Lipinski definition) is 3. The molecular formula is C13H18F2N2O2. The van der Waals surface area contributed by atoms with Crippen LogP contribution >= 0.6 is 0 Å². The van der Waals surface area contributed by atoms with Crippen LogP contribution in [0.3, 0.4) is 0 Å². The van der Waals surface area contributed by atoms with Crippen LogP contribution in [0.4, 0.5) is 8.78 Å². The summed E-state index contributed by atoms with van der Waals surface area (Å²) in [5.74, 6) is -2.97. The number of halogens is 2. The van der Waals surface area contributed by atoms with Gasteiger partial charge in [-0.2, -0.15) is 0 Å². The Balaban J connectivity index is 1.94. The molecule has 1 fully saturated rings. The zero-order valence-corrected chi connectivity index (χ0v) is 10.8. The summed E-state index contributed by atoms with van der Waals surface area (Å²) in [5, 5.41) is 2.65. The van der Waals surface area contributed by atoms with Crippen molar-refractivity contribution in [1.82, 2.24) is 5.32 Å². The molecule has 0 radical (unpaired) electrons. The van der Waals surface area contributed by atoms with Gasteiger partial charge in [0.05, 0.1) is 0 Å². The highest BCUT2D eigenvalue weighted by molar-refractivity contribution is 5.94. The van der Waals surface area contributed by atoms with E-state index >= 15 is 0 Å². The molecule has 2 unspecified atom stereocenters. The van der Waals surface area contributed by atoms with E-state index in [1.54, 1.807) is 12.2 Å². The van der Waals surface area contributed by atoms with Crippen molar-refractivity contribution in [2.24, 2.45) is 5.73 Å². The summed E-state index contributed by atoms with van der Waals surface area (Å²) in [5.41, 5.74) is 6.78. The molecule has 1 saturated carbocycles. The number of methoxy groups -OCH3 is 1. The minimum Gasteiger partial charge on any atom is -0.400 e. The molecule has 2 rings (SSSR count).